The first-order valence-electron chi connectivity index (χ1n) is 10.9. The van der Waals surface area contributed by atoms with Crippen molar-refractivity contribution >= 4 is 61.9 Å². The molecule has 3 aromatic carbocycles. The lowest BCUT2D eigenvalue weighted by Crippen LogP contribution is -1.95. The minimum atomic E-state index is -0.500. The summed E-state index contributed by atoms with van der Waals surface area (Å²) in [6.45, 7) is 0. The van der Waals surface area contributed by atoms with Crippen LogP contribution in [0.25, 0.3) is 33.0 Å². The number of H-pyrrole nitrogens is 2. The molecule has 1 aliphatic rings. The van der Waals surface area contributed by atoms with Gasteiger partial charge >= 0.3 is 0 Å². The maximum Gasteiger partial charge on any atom is 0.270 e. The molecule has 0 saturated heterocycles. The molecule has 0 atom stereocenters. The first kappa shape index (κ1) is 21.9. The standard InChI is InChI=1S/C25H14N6O6/c32-29(33)13-1-4-22-16(7-13)19(10-26-22)25(20-11-27-23-5-2-14(30(34)35)8-17(20)23)21-12-28-24-6-3-15(31(36)37)9-18(21)24/h1-12,26-27H. The van der Waals surface area contributed by atoms with Gasteiger partial charge in [0, 0.05) is 105 Å². The third kappa shape index (κ3) is 3.43. The molecule has 37 heavy (non-hydrogen) atoms. The second-order valence-electron chi connectivity index (χ2n) is 8.38. The Hall–Kier alpha value is -5.65. The number of hydrogen-bond donors (Lipinski definition) is 2. The molecule has 0 fully saturated rings. The highest BCUT2D eigenvalue weighted by Crippen LogP contribution is 2.44. The van der Waals surface area contributed by atoms with Gasteiger partial charge in [0.05, 0.1) is 20.5 Å². The van der Waals surface area contributed by atoms with E-state index in [2.05, 4.69) is 15.0 Å². The topological polar surface area (TPSA) is 173 Å². The summed E-state index contributed by atoms with van der Waals surface area (Å²) in [5.74, 6) is 0. The fourth-order valence-corrected chi connectivity index (χ4v) is 4.66. The molecule has 0 aliphatic carbocycles. The van der Waals surface area contributed by atoms with Crippen molar-refractivity contribution in [2.75, 3.05) is 0 Å². The number of allylic oxidation sites excluding steroid dienone is 1. The Morgan fingerprint density at radius 3 is 1.68 bits per heavy atom. The molecule has 5 aromatic rings. The molecule has 12 nitrogen and oxygen atoms in total. The average molecular weight is 494 g/mol. The minimum Gasteiger partial charge on any atom is -0.361 e. The maximum absolute atomic E-state index is 11.5. The van der Waals surface area contributed by atoms with E-state index in [9.17, 15) is 30.3 Å². The van der Waals surface area contributed by atoms with E-state index in [1.54, 1.807) is 36.8 Å². The van der Waals surface area contributed by atoms with Crippen molar-refractivity contribution in [3.8, 4) is 0 Å². The van der Waals surface area contributed by atoms with Crippen LogP contribution in [0.4, 0.5) is 22.7 Å². The highest BCUT2D eigenvalue weighted by atomic mass is 16.6. The lowest BCUT2D eigenvalue weighted by atomic mass is 9.89. The van der Waals surface area contributed by atoms with Crippen molar-refractivity contribution in [3.05, 3.63) is 114 Å². The van der Waals surface area contributed by atoms with Gasteiger partial charge in [0.2, 0.25) is 0 Å². The van der Waals surface area contributed by atoms with Crippen molar-refractivity contribution in [2.24, 2.45) is 4.99 Å². The van der Waals surface area contributed by atoms with Gasteiger partial charge in [-0.3, -0.25) is 35.3 Å². The number of aliphatic imine (C=N–C) groups is 1. The van der Waals surface area contributed by atoms with Crippen molar-refractivity contribution < 1.29 is 14.8 Å². The molecule has 1 aliphatic heterocycles. The molecule has 6 rings (SSSR count). The molecular weight excluding hydrogens is 480 g/mol. The monoisotopic (exact) mass is 494 g/mol. The van der Waals surface area contributed by atoms with Crippen LogP contribution in [0.3, 0.4) is 0 Å². The van der Waals surface area contributed by atoms with Crippen LogP contribution >= 0.6 is 0 Å². The second-order valence-corrected chi connectivity index (χ2v) is 8.38. The highest BCUT2D eigenvalue weighted by Gasteiger charge is 2.26. The molecule has 0 spiro atoms. The molecule has 0 amide bonds. The number of nitrogens with one attached hydrogen (secondary N) is 2. The van der Waals surface area contributed by atoms with E-state index in [4.69, 9.17) is 0 Å². The molecule has 12 heteroatoms. The summed E-state index contributed by atoms with van der Waals surface area (Å²) in [5, 5.41) is 35.6. The van der Waals surface area contributed by atoms with Crippen LogP contribution < -0.4 is 0 Å². The Morgan fingerprint density at radius 1 is 0.676 bits per heavy atom. The number of aromatic nitrogens is 2. The number of nitro benzene ring substituents is 3. The lowest BCUT2D eigenvalue weighted by molar-refractivity contribution is -0.385. The van der Waals surface area contributed by atoms with E-state index in [1.807, 2.05) is 0 Å². The smallest absolute Gasteiger partial charge is 0.270 e. The van der Waals surface area contributed by atoms with E-state index in [-0.39, 0.29) is 17.1 Å². The lowest BCUT2D eigenvalue weighted by Gasteiger charge is -2.11. The fraction of sp³-hybridized carbons (Fsp3) is 0. The SMILES string of the molecule is O=[N+]([O-])c1ccc2c(c1)C(=C(c1c[nH]c3ccc([N+](=O)[O-])cc13)c1c[nH]c3ccc([N+](=O)[O-])cc13)C=N2. The molecule has 0 unspecified atom stereocenters. The van der Waals surface area contributed by atoms with E-state index in [0.29, 0.717) is 55.3 Å². The van der Waals surface area contributed by atoms with E-state index < -0.39 is 14.8 Å². The molecule has 2 N–H and O–H groups in total. The van der Waals surface area contributed by atoms with Crippen LogP contribution in [-0.2, 0) is 0 Å². The molecule has 180 valence electrons. The number of non-ortho nitro benzene ring substituents is 3. The first-order chi connectivity index (χ1) is 17.8. The quantitative estimate of drug-likeness (QED) is 0.222. The van der Waals surface area contributed by atoms with E-state index in [1.165, 1.54) is 36.4 Å². The van der Waals surface area contributed by atoms with E-state index >= 15 is 0 Å². The van der Waals surface area contributed by atoms with Crippen LogP contribution in [0.2, 0.25) is 0 Å². The van der Waals surface area contributed by atoms with E-state index in [0.717, 1.165) is 0 Å². The second kappa shape index (κ2) is 7.95. The number of hydrogen-bond acceptors (Lipinski definition) is 7. The molecule has 0 bridgehead atoms. The van der Waals surface area contributed by atoms with Crippen molar-refractivity contribution in [1.29, 1.82) is 0 Å². The van der Waals surface area contributed by atoms with Gasteiger partial charge in [-0.15, -0.1) is 0 Å². The van der Waals surface area contributed by atoms with Gasteiger partial charge < -0.3 is 9.97 Å². The number of nitro groups is 3. The minimum absolute atomic E-state index is 0.108. The zero-order valence-electron chi connectivity index (χ0n) is 18.7. The highest BCUT2D eigenvalue weighted by molar-refractivity contribution is 6.29. The average Bonchev–Trinajstić information content (AvgIpc) is 3.61. The molecule has 0 radical (unpaired) electrons. The van der Waals surface area contributed by atoms with Crippen molar-refractivity contribution in [1.82, 2.24) is 9.97 Å². The summed E-state index contributed by atoms with van der Waals surface area (Å²) in [6, 6.07) is 13.2. The molecule has 3 heterocycles. The zero-order chi connectivity index (χ0) is 25.8. The summed E-state index contributed by atoms with van der Waals surface area (Å²) in [4.78, 5) is 43.7. The predicted octanol–water partition coefficient (Wildman–Crippen LogP) is 6.05. The Bertz CT molecular complexity index is 1790. The fourth-order valence-electron chi connectivity index (χ4n) is 4.66. The number of fused-ring (bicyclic) bond motifs is 3. The zero-order valence-corrected chi connectivity index (χ0v) is 18.7. The third-order valence-electron chi connectivity index (χ3n) is 6.37. The van der Waals surface area contributed by atoms with Crippen LogP contribution in [0, 0.1) is 30.3 Å². The van der Waals surface area contributed by atoms with Crippen molar-refractivity contribution in [3.63, 3.8) is 0 Å². The number of nitrogens with zero attached hydrogens (tertiary/aromatic N) is 4. The largest absolute Gasteiger partial charge is 0.361 e. The normalized spacial score (nSPS) is 12.3. The maximum atomic E-state index is 11.5. The third-order valence-corrected chi connectivity index (χ3v) is 6.37. The molecular formula is C25H14N6O6. The summed E-state index contributed by atoms with van der Waals surface area (Å²) in [7, 11) is 0. The van der Waals surface area contributed by atoms with Gasteiger partial charge in [0.1, 0.15) is 0 Å². The Labute approximate surface area is 206 Å². The van der Waals surface area contributed by atoms with Crippen LogP contribution in [-0.4, -0.2) is 31.0 Å². The van der Waals surface area contributed by atoms with Gasteiger partial charge in [-0.05, 0) is 18.2 Å². The molecule has 2 aromatic heterocycles. The van der Waals surface area contributed by atoms with Gasteiger partial charge in [0.15, 0.2) is 0 Å². The summed E-state index contributed by atoms with van der Waals surface area (Å²) in [5.41, 5.74) is 4.21. The number of rotatable bonds is 5. The van der Waals surface area contributed by atoms with Crippen LogP contribution in [0.5, 0.6) is 0 Å². The van der Waals surface area contributed by atoms with Crippen LogP contribution in [0.1, 0.15) is 16.7 Å². The molecule has 0 saturated carbocycles. The van der Waals surface area contributed by atoms with Gasteiger partial charge in [-0.2, -0.15) is 0 Å². The predicted molar refractivity (Wildman–Crippen MR) is 137 cm³/mol. The summed E-state index contributed by atoms with van der Waals surface area (Å²) >= 11 is 0. The number of benzene rings is 3. The van der Waals surface area contributed by atoms with Gasteiger partial charge in [-0.1, -0.05) is 0 Å². The summed E-state index contributed by atoms with van der Waals surface area (Å²) in [6.07, 6.45) is 4.96. The first-order valence-corrected chi connectivity index (χ1v) is 10.9. The Balaban J connectivity index is 1.72. The van der Waals surface area contributed by atoms with Gasteiger partial charge in [0.25, 0.3) is 17.1 Å². The van der Waals surface area contributed by atoms with Crippen LogP contribution in [0.15, 0.2) is 72.0 Å². The Kier molecular flexibility index (Phi) is 4.70. The van der Waals surface area contributed by atoms with Crippen molar-refractivity contribution in [2.45, 2.75) is 0 Å². The number of aromatic amines is 2. The Morgan fingerprint density at radius 2 is 1.16 bits per heavy atom. The summed E-state index contributed by atoms with van der Waals surface area (Å²) < 4.78 is 0. The van der Waals surface area contributed by atoms with Gasteiger partial charge in [-0.25, -0.2) is 0 Å².